The van der Waals surface area contributed by atoms with Gasteiger partial charge in [-0.05, 0) is 48.7 Å². The minimum atomic E-state index is -0.249. The molecule has 3 rings (SSSR count). The van der Waals surface area contributed by atoms with E-state index in [2.05, 4.69) is 10.2 Å². The third-order valence-electron chi connectivity index (χ3n) is 6.24. The van der Waals surface area contributed by atoms with Crippen LogP contribution in [0, 0.1) is 0 Å². The molecule has 2 amide bonds. The van der Waals surface area contributed by atoms with Gasteiger partial charge in [0.1, 0.15) is 5.75 Å². The molecule has 0 aliphatic carbocycles. The van der Waals surface area contributed by atoms with E-state index in [9.17, 15) is 9.59 Å². The lowest BCUT2D eigenvalue weighted by Crippen LogP contribution is -2.55. The summed E-state index contributed by atoms with van der Waals surface area (Å²) in [6, 6.07) is 13.1. The van der Waals surface area contributed by atoms with E-state index in [4.69, 9.17) is 14.2 Å². The zero-order valence-electron chi connectivity index (χ0n) is 20.5. The second kappa shape index (κ2) is 12.3. The summed E-state index contributed by atoms with van der Waals surface area (Å²) in [6.07, 6.45) is 1.05. The van der Waals surface area contributed by atoms with Crippen molar-refractivity contribution >= 4 is 11.8 Å². The van der Waals surface area contributed by atoms with Crippen molar-refractivity contribution in [2.75, 3.05) is 54.1 Å². The summed E-state index contributed by atoms with van der Waals surface area (Å²) >= 11 is 0. The van der Waals surface area contributed by atoms with E-state index >= 15 is 0 Å². The van der Waals surface area contributed by atoms with Crippen LogP contribution in [0.1, 0.15) is 18.1 Å². The molecule has 0 radical (unpaired) electrons. The summed E-state index contributed by atoms with van der Waals surface area (Å²) in [6.45, 7) is 5.04. The molecular weight excluding hydrogens is 434 g/mol. The molecule has 1 heterocycles. The highest BCUT2D eigenvalue weighted by Crippen LogP contribution is 2.27. The number of carbonyl (C=O) groups is 2. The van der Waals surface area contributed by atoms with Crippen LogP contribution in [0.5, 0.6) is 17.2 Å². The zero-order chi connectivity index (χ0) is 24.5. The highest BCUT2D eigenvalue weighted by molar-refractivity contribution is 5.81. The lowest BCUT2D eigenvalue weighted by Gasteiger charge is -2.37. The first-order chi connectivity index (χ1) is 16.4. The second-order valence-corrected chi connectivity index (χ2v) is 8.35. The van der Waals surface area contributed by atoms with Crippen molar-refractivity contribution in [1.29, 1.82) is 0 Å². The van der Waals surface area contributed by atoms with Crippen LogP contribution in [0.15, 0.2) is 42.5 Å². The van der Waals surface area contributed by atoms with Gasteiger partial charge in [0.15, 0.2) is 11.5 Å². The Morgan fingerprint density at radius 1 is 0.912 bits per heavy atom. The Labute approximate surface area is 201 Å². The Balaban J connectivity index is 1.42. The number of methoxy groups -OCH3 is 3. The van der Waals surface area contributed by atoms with Gasteiger partial charge in [-0.1, -0.05) is 18.2 Å². The molecule has 1 N–H and O–H groups in total. The number of nitrogens with one attached hydrogen (secondary N) is 1. The van der Waals surface area contributed by atoms with Crippen LogP contribution in [0.4, 0.5) is 0 Å². The molecule has 1 fully saturated rings. The van der Waals surface area contributed by atoms with E-state index in [1.165, 1.54) is 0 Å². The molecule has 2 aromatic rings. The van der Waals surface area contributed by atoms with Gasteiger partial charge in [-0.3, -0.25) is 14.5 Å². The Kier molecular flexibility index (Phi) is 9.16. The summed E-state index contributed by atoms with van der Waals surface area (Å²) in [5, 5.41) is 3.03. The Morgan fingerprint density at radius 2 is 1.65 bits per heavy atom. The highest BCUT2D eigenvalue weighted by Gasteiger charge is 2.27. The minimum absolute atomic E-state index is 0.00312. The highest BCUT2D eigenvalue weighted by atomic mass is 16.5. The molecule has 2 aromatic carbocycles. The normalized spacial score (nSPS) is 14.9. The maximum absolute atomic E-state index is 12.7. The predicted octanol–water partition coefficient (Wildman–Crippen LogP) is 2.15. The predicted molar refractivity (Wildman–Crippen MR) is 131 cm³/mol. The number of carbonyl (C=O) groups excluding carboxylic acids is 2. The van der Waals surface area contributed by atoms with Gasteiger partial charge >= 0.3 is 0 Å². The molecule has 0 bridgehead atoms. The van der Waals surface area contributed by atoms with Crippen molar-refractivity contribution in [3.05, 3.63) is 53.6 Å². The number of hydrogen-bond acceptors (Lipinski definition) is 6. The molecule has 1 aliphatic heterocycles. The maximum atomic E-state index is 12.7. The topological polar surface area (TPSA) is 80.3 Å². The van der Waals surface area contributed by atoms with Crippen molar-refractivity contribution in [1.82, 2.24) is 15.1 Å². The summed E-state index contributed by atoms with van der Waals surface area (Å²) in [5.74, 6) is 2.21. The molecule has 1 saturated heterocycles. The van der Waals surface area contributed by atoms with Crippen LogP contribution in [-0.4, -0.2) is 81.7 Å². The maximum Gasteiger partial charge on any atom is 0.237 e. The fourth-order valence-corrected chi connectivity index (χ4v) is 4.11. The fourth-order valence-electron chi connectivity index (χ4n) is 4.11. The molecule has 1 atom stereocenters. The first-order valence-corrected chi connectivity index (χ1v) is 11.6. The van der Waals surface area contributed by atoms with E-state index in [1.807, 2.05) is 54.3 Å². The largest absolute Gasteiger partial charge is 0.497 e. The first-order valence-electron chi connectivity index (χ1n) is 11.6. The molecule has 0 spiro atoms. The Morgan fingerprint density at radius 3 is 2.32 bits per heavy atom. The van der Waals surface area contributed by atoms with Crippen LogP contribution >= 0.6 is 0 Å². The van der Waals surface area contributed by atoms with Crippen LogP contribution in [0.25, 0.3) is 0 Å². The van der Waals surface area contributed by atoms with Gasteiger partial charge in [0.25, 0.3) is 0 Å². The van der Waals surface area contributed by atoms with Crippen LogP contribution < -0.4 is 19.5 Å². The summed E-state index contributed by atoms with van der Waals surface area (Å²) < 4.78 is 15.8. The molecule has 0 aromatic heterocycles. The van der Waals surface area contributed by atoms with Crippen molar-refractivity contribution in [3.8, 4) is 17.2 Å². The Hall–Kier alpha value is -3.26. The number of hydrogen-bond donors (Lipinski definition) is 1. The number of ether oxygens (including phenoxy) is 3. The Bertz CT molecular complexity index is 973. The first kappa shape index (κ1) is 25.4. The van der Waals surface area contributed by atoms with Gasteiger partial charge in [-0.25, -0.2) is 0 Å². The quantitative estimate of drug-likeness (QED) is 0.574. The summed E-state index contributed by atoms with van der Waals surface area (Å²) in [7, 11) is 4.83. The lowest BCUT2D eigenvalue weighted by molar-refractivity contribution is -0.133. The summed E-state index contributed by atoms with van der Waals surface area (Å²) in [4.78, 5) is 29.4. The molecule has 34 heavy (non-hydrogen) atoms. The number of rotatable bonds is 10. The molecule has 8 nitrogen and oxygen atoms in total. The standard InChI is InChI=1S/C26H35N3O5/c1-19(26(31)27-11-10-20-8-9-23(33-3)24(17-20)34-4)28-12-14-29(15-13-28)25(30)18-21-6-5-7-22(16-21)32-2/h5-9,16-17,19H,10-15,18H2,1-4H3,(H,27,31). The molecule has 8 heteroatoms. The van der Waals surface area contributed by atoms with Gasteiger partial charge in [-0.2, -0.15) is 0 Å². The van der Waals surface area contributed by atoms with Gasteiger partial charge in [0.05, 0.1) is 33.8 Å². The van der Waals surface area contributed by atoms with E-state index in [0.29, 0.717) is 57.1 Å². The van der Waals surface area contributed by atoms with E-state index in [-0.39, 0.29) is 17.9 Å². The van der Waals surface area contributed by atoms with Gasteiger partial charge in [0.2, 0.25) is 11.8 Å². The molecule has 0 saturated carbocycles. The molecule has 1 unspecified atom stereocenters. The van der Waals surface area contributed by atoms with Crippen LogP contribution in [0.2, 0.25) is 0 Å². The number of nitrogens with zero attached hydrogens (tertiary/aromatic N) is 2. The van der Waals surface area contributed by atoms with Crippen molar-refractivity contribution in [3.63, 3.8) is 0 Å². The van der Waals surface area contributed by atoms with Gasteiger partial charge in [-0.15, -0.1) is 0 Å². The van der Waals surface area contributed by atoms with Crippen LogP contribution in [0.3, 0.4) is 0 Å². The monoisotopic (exact) mass is 469 g/mol. The van der Waals surface area contributed by atoms with E-state index in [0.717, 1.165) is 16.9 Å². The van der Waals surface area contributed by atoms with Gasteiger partial charge < -0.3 is 24.4 Å². The molecular formula is C26H35N3O5. The SMILES string of the molecule is COc1cccc(CC(=O)N2CCN(C(C)C(=O)NCCc3ccc(OC)c(OC)c3)CC2)c1. The van der Waals surface area contributed by atoms with E-state index in [1.54, 1.807) is 21.3 Å². The van der Waals surface area contributed by atoms with Gasteiger partial charge in [0, 0.05) is 32.7 Å². The average molecular weight is 470 g/mol. The lowest BCUT2D eigenvalue weighted by atomic mass is 10.1. The number of benzene rings is 2. The molecule has 184 valence electrons. The van der Waals surface area contributed by atoms with E-state index < -0.39 is 0 Å². The second-order valence-electron chi connectivity index (χ2n) is 8.35. The third kappa shape index (κ3) is 6.63. The van der Waals surface area contributed by atoms with Crippen LogP contribution in [-0.2, 0) is 22.4 Å². The summed E-state index contributed by atoms with van der Waals surface area (Å²) in [5.41, 5.74) is 2.00. The van der Waals surface area contributed by atoms with Crippen molar-refractivity contribution < 1.29 is 23.8 Å². The zero-order valence-corrected chi connectivity index (χ0v) is 20.5. The van der Waals surface area contributed by atoms with Crippen molar-refractivity contribution in [2.24, 2.45) is 0 Å². The average Bonchev–Trinajstić information content (AvgIpc) is 2.88. The number of amides is 2. The third-order valence-corrected chi connectivity index (χ3v) is 6.24. The van der Waals surface area contributed by atoms with Crippen molar-refractivity contribution in [2.45, 2.75) is 25.8 Å². The smallest absolute Gasteiger partial charge is 0.237 e. The molecule has 1 aliphatic rings. The number of piperazine rings is 1. The minimum Gasteiger partial charge on any atom is -0.497 e. The fraction of sp³-hybridized carbons (Fsp3) is 0.462.